The van der Waals surface area contributed by atoms with Crippen LogP contribution in [0.15, 0.2) is 0 Å². The molecule has 2 N–H and O–H groups in total. The van der Waals surface area contributed by atoms with Gasteiger partial charge in [0.2, 0.25) is 5.82 Å². The van der Waals surface area contributed by atoms with Crippen LogP contribution in [-0.2, 0) is 24.3 Å². The van der Waals surface area contributed by atoms with E-state index in [2.05, 4.69) is 33.0 Å². The third-order valence-electron chi connectivity index (χ3n) is 5.06. The quantitative estimate of drug-likeness (QED) is 0.775. The Labute approximate surface area is 151 Å². The highest BCUT2D eigenvalue weighted by Gasteiger charge is 2.31. The van der Waals surface area contributed by atoms with Gasteiger partial charge in [-0.25, -0.2) is 9.97 Å². The number of aromatic nitrogens is 4. The molecule has 3 aromatic heterocycles. The van der Waals surface area contributed by atoms with Crippen LogP contribution in [0.2, 0.25) is 0 Å². The molecule has 25 heavy (non-hydrogen) atoms. The second-order valence-corrected chi connectivity index (χ2v) is 8.74. The van der Waals surface area contributed by atoms with E-state index in [1.54, 1.807) is 11.3 Å². The van der Waals surface area contributed by atoms with Gasteiger partial charge in [-0.05, 0) is 39.7 Å². The zero-order chi connectivity index (χ0) is 17.8. The fraction of sp³-hybridized carbons (Fsp3) is 0.611. The first-order valence-electron chi connectivity index (χ1n) is 9.01. The summed E-state index contributed by atoms with van der Waals surface area (Å²) in [6.45, 7) is 12.2. The molecule has 1 aliphatic rings. The van der Waals surface area contributed by atoms with Crippen LogP contribution >= 0.6 is 11.3 Å². The van der Waals surface area contributed by atoms with Crippen molar-refractivity contribution in [2.24, 2.45) is 0 Å². The Hall–Kier alpha value is -1.57. The van der Waals surface area contributed by atoms with Gasteiger partial charge in [0.05, 0.1) is 23.6 Å². The van der Waals surface area contributed by atoms with Crippen LogP contribution in [0.25, 0.3) is 15.9 Å². The van der Waals surface area contributed by atoms with Crippen molar-refractivity contribution in [3.05, 3.63) is 22.1 Å². The van der Waals surface area contributed by atoms with Crippen molar-refractivity contribution in [1.82, 2.24) is 19.6 Å². The number of rotatable bonds is 4. The normalized spacial score (nSPS) is 18.0. The maximum atomic E-state index is 5.98. The zero-order valence-electron chi connectivity index (χ0n) is 15.6. The lowest BCUT2D eigenvalue weighted by Gasteiger charge is -2.30. The summed E-state index contributed by atoms with van der Waals surface area (Å²) in [6.07, 6.45) is 2.04. The highest BCUT2D eigenvalue weighted by molar-refractivity contribution is 7.19. The van der Waals surface area contributed by atoms with E-state index in [0.29, 0.717) is 12.6 Å². The van der Waals surface area contributed by atoms with Crippen molar-refractivity contribution in [3.8, 4) is 0 Å². The average Bonchev–Trinajstić information content (AvgIpc) is 3.12. The summed E-state index contributed by atoms with van der Waals surface area (Å²) in [5, 5.41) is 8.19. The van der Waals surface area contributed by atoms with Crippen LogP contribution in [-0.4, -0.2) is 31.2 Å². The molecule has 0 spiro atoms. The van der Waals surface area contributed by atoms with Gasteiger partial charge in [-0.2, -0.15) is 4.52 Å². The Morgan fingerprint density at radius 2 is 2.16 bits per heavy atom. The topological polar surface area (TPSA) is 68.9 Å². The lowest BCUT2D eigenvalue weighted by molar-refractivity contribution is -0.702. The molecular weight excluding hydrogens is 334 g/mol. The van der Waals surface area contributed by atoms with Crippen molar-refractivity contribution in [3.63, 3.8) is 0 Å². The highest BCUT2D eigenvalue weighted by Crippen LogP contribution is 2.39. The number of hydrogen-bond donors (Lipinski definition) is 1. The largest absolute Gasteiger partial charge is 0.370 e. The number of ether oxygens (including phenoxy) is 1. The maximum Gasteiger partial charge on any atom is 0.206 e. The van der Waals surface area contributed by atoms with Crippen molar-refractivity contribution < 1.29 is 10.1 Å². The summed E-state index contributed by atoms with van der Waals surface area (Å²) >= 11 is 1.74. The van der Waals surface area contributed by atoms with E-state index in [-0.39, 0.29) is 5.60 Å². The highest BCUT2D eigenvalue weighted by atomic mass is 32.1. The van der Waals surface area contributed by atoms with Gasteiger partial charge >= 0.3 is 0 Å². The molecule has 0 saturated heterocycles. The first-order chi connectivity index (χ1) is 11.9. The number of hydrogen-bond acceptors (Lipinski definition) is 5. The molecule has 0 saturated carbocycles. The number of thiophene rings is 1. The van der Waals surface area contributed by atoms with E-state index in [9.17, 15) is 0 Å². The molecule has 1 aliphatic heterocycles. The molecule has 0 fully saturated rings. The molecule has 0 unspecified atom stereocenters. The molecule has 0 bridgehead atoms. The summed E-state index contributed by atoms with van der Waals surface area (Å²) < 4.78 is 7.90. The van der Waals surface area contributed by atoms with Crippen LogP contribution < -0.4 is 5.32 Å². The Kier molecular flexibility index (Phi) is 4.05. The molecule has 4 rings (SSSR count). The third kappa shape index (κ3) is 2.94. The van der Waals surface area contributed by atoms with Gasteiger partial charge in [-0.1, -0.05) is 6.92 Å². The summed E-state index contributed by atoms with van der Waals surface area (Å²) in [4.78, 5) is 12.0. The molecule has 4 heterocycles. The smallest absolute Gasteiger partial charge is 0.206 e. The lowest BCUT2D eigenvalue weighted by Crippen LogP contribution is -2.87. The fourth-order valence-corrected chi connectivity index (χ4v) is 4.49. The van der Waals surface area contributed by atoms with E-state index in [1.807, 2.05) is 11.4 Å². The summed E-state index contributed by atoms with van der Waals surface area (Å²) in [6, 6.07) is 0.581. The van der Waals surface area contributed by atoms with E-state index < -0.39 is 0 Å². The number of fused-ring (bicyclic) bond motifs is 5. The van der Waals surface area contributed by atoms with E-state index in [0.717, 1.165) is 41.5 Å². The average molecular weight is 361 g/mol. The molecule has 0 amide bonds. The first-order valence-corrected chi connectivity index (χ1v) is 9.83. The number of nitrogens with two attached hydrogens (primary N) is 1. The van der Waals surface area contributed by atoms with Gasteiger partial charge in [-0.3, -0.25) is 0 Å². The Morgan fingerprint density at radius 1 is 1.36 bits per heavy atom. The molecule has 0 radical (unpaired) electrons. The minimum absolute atomic E-state index is 0.143. The van der Waals surface area contributed by atoms with E-state index in [1.165, 1.54) is 15.8 Å². The van der Waals surface area contributed by atoms with Crippen molar-refractivity contribution >= 4 is 27.2 Å². The fourth-order valence-electron chi connectivity index (χ4n) is 3.34. The predicted molar refractivity (Wildman–Crippen MR) is 98.9 cm³/mol. The standard InChI is InChI=1S/C18H25N5OS/c1-6-10(2)19-8-14-21-16-15-12-7-18(4,5)24-9-13(12)25-17(15)20-11(3)23(16)22-14/h10,19H,6-9H2,1-5H3/p+1/t10-/m0/s1. The molecule has 6 nitrogen and oxygen atoms in total. The van der Waals surface area contributed by atoms with Crippen molar-refractivity contribution in [2.45, 2.75) is 72.3 Å². The van der Waals surface area contributed by atoms with Gasteiger partial charge in [-0.15, -0.1) is 16.4 Å². The lowest BCUT2D eigenvalue weighted by atomic mass is 9.94. The second kappa shape index (κ2) is 6.00. The predicted octanol–water partition coefficient (Wildman–Crippen LogP) is 2.36. The Balaban J connectivity index is 1.84. The molecule has 7 heteroatoms. The molecule has 0 aliphatic carbocycles. The Morgan fingerprint density at radius 3 is 2.92 bits per heavy atom. The monoisotopic (exact) mass is 360 g/mol. The van der Waals surface area contributed by atoms with Crippen LogP contribution in [0.4, 0.5) is 0 Å². The van der Waals surface area contributed by atoms with Crippen LogP contribution in [0.5, 0.6) is 0 Å². The second-order valence-electron chi connectivity index (χ2n) is 7.66. The minimum atomic E-state index is -0.143. The van der Waals surface area contributed by atoms with Crippen LogP contribution in [0.3, 0.4) is 0 Å². The SMILES string of the molecule is CC[C@H](C)[NH2+]Cc1nc2c3c4c(sc3nc(C)n2n1)COC(C)(C)C4. The minimum Gasteiger partial charge on any atom is -0.370 e. The summed E-state index contributed by atoms with van der Waals surface area (Å²) in [7, 11) is 0. The van der Waals surface area contributed by atoms with Gasteiger partial charge in [0.1, 0.15) is 17.2 Å². The Bertz CT molecular complexity index is 942. The number of quaternary nitrogens is 1. The number of aryl methyl sites for hydroxylation is 1. The van der Waals surface area contributed by atoms with Crippen molar-refractivity contribution in [1.29, 1.82) is 0 Å². The van der Waals surface area contributed by atoms with Crippen LogP contribution in [0.1, 0.15) is 56.2 Å². The van der Waals surface area contributed by atoms with Gasteiger partial charge in [0.15, 0.2) is 5.65 Å². The van der Waals surface area contributed by atoms with Crippen LogP contribution in [0, 0.1) is 6.92 Å². The van der Waals surface area contributed by atoms with Gasteiger partial charge in [0.25, 0.3) is 0 Å². The first kappa shape index (κ1) is 16.9. The molecule has 134 valence electrons. The number of nitrogens with zero attached hydrogens (tertiary/aromatic N) is 4. The van der Waals surface area contributed by atoms with E-state index >= 15 is 0 Å². The third-order valence-corrected chi connectivity index (χ3v) is 6.16. The maximum absolute atomic E-state index is 5.98. The zero-order valence-corrected chi connectivity index (χ0v) is 16.4. The molecule has 0 aromatic carbocycles. The summed E-state index contributed by atoms with van der Waals surface area (Å²) in [5.41, 5.74) is 2.15. The van der Waals surface area contributed by atoms with Gasteiger partial charge in [0, 0.05) is 11.3 Å². The van der Waals surface area contributed by atoms with Crippen molar-refractivity contribution in [2.75, 3.05) is 0 Å². The van der Waals surface area contributed by atoms with E-state index in [4.69, 9.17) is 19.8 Å². The van der Waals surface area contributed by atoms with Gasteiger partial charge < -0.3 is 10.1 Å². The molecular formula is C18H26N5OS+. The molecule has 3 aromatic rings. The summed E-state index contributed by atoms with van der Waals surface area (Å²) in [5.74, 6) is 1.77. The molecule has 1 atom stereocenters.